The second kappa shape index (κ2) is 6.85. The van der Waals surface area contributed by atoms with E-state index in [4.69, 9.17) is 15.2 Å². The van der Waals surface area contributed by atoms with Gasteiger partial charge in [-0.25, -0.2) is 9.18 Å². The van der Waals surface area contributed by atoms with Crippen molar-refractivity contribution in [3.05, 3.63) is 29.6 Å². The van der Waals surface area contributed by atoms with E-state index in [9.17, 15) is 9.18 Å². The first-order chi connectivity index (χ1) is 8.15. The largest absolute Gasteiger partial charge is 0.460 e. The first-order valence-electron chi connectivity index (χ1n) is 5.45. The molecule has 0 saturated carbocycles. The summed E-state index contributed by atoms with van der Waals surface area (Å²) in [4.78, 5) is 11.5. The van der Waals surface area contributed by atoms with Crippen LogP contribution in [0.4, 0.5) is 10.1 Å². The van der Waals surface area contributed by atoms with Gasteiger partial charge in [0.05, 0.1) is 17.9 Å². The van der Waals surface area contributed by atoms with Gasteiger partial charge in [-0.05, 0) is 24.6 Å². The third-order valence-corrected chi connectivity index (χ3v) is 2.05. The van der Waals surface area contributed by atoms with Gasteiger partial charge in [-0.2, -0.15) is 0 Å². The van der Waals surface area contributed by atoms with E-state index in [1.807, 2.05) is 6.92 Å². The molecular weight excluding hydrogens is 225 g/mol. The molecule has 0 aliphatic rings. The number of carbonyl (C=O) groups is 1. The predicted molar refractivity (Wildman–Crippen MR) is 62.2 cm³/mol. The van der Waals surface area contributed by atoms with Gasteiger partial charge in [-0.1, -0.05) is 6.92 Å². The Morgan fingerprint density at radius 2 is 2.12 bits per heavy atom. The highest BCUT2D eigenvalue weighted by Gasteiger charge is 2.09. The van der Waals surface area contributed by atoms with E-state index < -0.39 is 11.8 Å². The lowest BCUT2D eigenvalue weighted by atomic mass is 10.2. The van der Waals surface area contributed by atoms with Crippen LogP contribution in [0.25, 0.3) is 0 Å². The highest BCUT2D eigenvalue weighted by atomic mass is 19.1. The van der Waals surface area contributed by atoms with Gasteiger partial charge >= 0.3 is 5.97 Å². The number of esters is 1. The number of rotatable bonds is 6. The Bertz CT molecular complexity index is 382. The van der Waals surface area contributed by atoms with Crippen LogP contribution in [0.1, 0.15) is 23.7 Å². The number of nitrogens with two attached hydrogens (primary N) is 1. The Hall–Kier alpha value is -1.62. The van der Waals surface area contributed by atoms with Crippen LogP contribution in [0.5, 0.6) is 0 Å². The molecule has 0 bridgehead atoms. The minimum atomic E-state index is -0.623. The Balaban J connectivity index is 2.39. The molecule has 0 amide bonds. The molecule has 1 aromatic rings. The number of carbonyl (C=O) groups excluding carboxylic acids is 1. The molecule has 0 spiro atoms. The number of hydrogen-bond acceptors (Lipinski definition) is 4. The van der Waals surface area contributed by atoms with Crippen LogP contribution in [0.2, 0.25) is 0 Å². The molecule has 17 heavy (non-hydrogen) atoms. The molecule has 0 aromatic heterocycles. The standard InChI is InChI=1S/C12H16FNO3/c1-2-5-16-6-7-17-12(15)9-3-4-11(14)10(13)8-9/h3-4,8H,2,5-7,14H2,1H3. The Labute approximate surface area is 99.5 Å². The molecule has 0 saturated heterocycles. The summed E-state index contributed by atoms with van der Waals surface area (Å²) in [6, 6.07) is 3.82. The molecule has 5 heteroatoms. The van der Waals surface area contributed by atoms with Crippen LogP contribution in [-0.2, 0) is 9.47 Å². The number of nitrogen functional groups attached to an aromatic ring is 1. The molecule has 0 radical (unpaired) electrons. The fourth-order valence-electron chi connectivity index (χ4n) is 1.18. The molecule has 0 heterocycles. The van der Waals surface area contributed by atoms with E-state index in [0.29, 0.717) is 13.2 Å². The molecule has 4 nitrogen and oxygen atoms in total. The quantitative estimate of drug-likeness (QED) is 0.470. The molecular formula is C12H16FNO3. The van der Waals surface area contributed by atoms with Crippen LogP contribution < -0.4 is 5.73 Å². The maximum atomic E-state index is 13.1. The number of halogens is 1. The van der Waals surface area contributed by atoms with Crippen LogP contribution >= 0.6 is 0 Å². The smallest absolute Gasteiger partial charge is 0.338 e. The van der Waals surface area contributed by atoms with Crippen molar-refractivity contribution in [1.82, 2.24) is 0 Å². The molecule has 94 valence electrons. The van der Waals surface area contributed by atoms with Crippen molar-refractivity contribution in [2.24, 2.45) is 0 Å². The van der Waals surface area contributed by atoms with Gasteiger partial charge in [0.2, 0.25) is 0 Å². The van der Waals surface area contributed by atoms with E-state index in [0.717, 1.165) is 12.5 Å². The summed E-state index contributed by atoms with van der Waals surface area (Å²) >= 11 is 0. The number of benzene rings is 1. The maximum absolute atomic E-state index is 13.1. The van der Waals surface area contributed by atoms with Crippen molar-refractivity contribution < 1.29 is 18.7 Å². The molecule has 2 N–H and O–H groups in total. The lowest BCUT2D eigenvalue weighted by molar-refractivity contribution is 0.0318. The first kappa shape index (κ1) is 13.4. The van der Waals surface area contributed by atoms with E-state index >= 15 is 0 Å². The first-order valence-corrected chi connectivity index (χ1v) is 5.45. The summed E-state index contributed by atoms with van der Waals surface area (Å²) in [6.45, 7) is 3.12. The van der Waals surface area contributed by atoms with E-state index in [1.54, 1.807) is 0 Å². The van der Waals surface area contributed by atoms with Gasteiger partial charge in [0.15, 0.2) is 0 Å². The highest BCUT2D eigenvalue weighted by Crippen LogP contribution is 2.12. The van der Waals surface area contributed by atoms with E-state index in [2.05, 4.69) is 0 Å². The maximum Gasteiger partial charge on any atom is 0.338 e. The van der Waals surface area contributed by atoms with Crippen LogP contribution in [0.15, 0.2) is 18.2 Å². The van der Waals surface area contributed by atoms with Crippen molar-refractivity contribution >= 4 is 11.7 Å². The predicted octanol–water partition coefficient (Wildman–Crippen LogP) is 1.99. The number of hydrogen-bond donors (Lipinski definition) is 1. The van der Waals surface area contributed by atoms with Crippen molar-refractivity contribution in [2.75, 3.05) is 25.6 Å². The third kappa shape index (κ3) is 4.40. The summed E-state index contributed by atoms with van der Waals surface area (Å²) < 4.78 is 23.1. The Morgan fingerprint density at radius 3 is 2.76 bits per heavy atom. The molecule has 1 rings (SSSR count). The Kier molecular flexibility index (Phi) is 5.42. The molecule has 0 aliphatic carbocycles. The summed E-state index contributed by atoms with van der Waals surface area (Å²) in [6.07, 6.45) is 0.914. The summed E-state index contributed by atoms with van der Waals surface area (Å²) in [5, 5.41) is 0. The number of ether oxygens (including phenoxy) is 2. The van der Waals surface area contributed by atoms with Crippen LogP contribution in [0.3, 0.4) is 0 Å². The van der Waals surface area contributed by atoms with Gasteiger partial charge in [0, 0.05) is 6.61 Å². The van der Waals surface area contributed by atoms with Gasteiger partial charge in [-0.15, -0.1) is 0 Å². The Morgan fingerprint density at radius 1 is 1.35 bits per heavy atom. The van der Waals surface area contributed by atoms with Crippen molar-refractivity contribution in [3.8, 4) is 0 Å². The van der Waals surface area contributed by atoms with E-state index in [1.165, 1.54) is 12.1 Å². The van der Waals surface area contributed by atoms with Gasteiger partial charge < -0.3 is 15.2 Å². The zero-order chi connectivity index (χ0) is 12.7. The second-order valence-electron chi connectivity index (χ2n) is 3.48. The van der Waals surface area contributed by atoms with Crippen molar-refractivity contribution in [3.63, 3.8) is 0 Å². The molecule has 0 fully saturated rings. The third-order valence-electron chi connectivity index (χ3n) is 2.05. The summed E-state index contributed by atoms with van der Waals surface area (Å²) in [5.74, 6) is -1.20. The van der Waals surface area contributed by atoms with Gasteiger partial charge in [0.1, 0.15) is 12.4 Å². The molecule has 0 aliphatic heterocycles. The second-order valence-corrected chi connectivity index (χ2v) is 3.48. The lowest BCUT2D eigenvalue weighted by Crippen LogP contribution is -2.11. The van der Waals surface area contributed by atoms with E-state index in [-0.39, 0.29) is 17.9 Å². The normalized spacial score (nSPS) is 10.2. The molecule has 1 aromatic carbocycles. The monoisotopic (exact) mass is 241 g/mol. The minimum absolute atomic E-state index is 0.00725. The molecule has 0 atom stereocenters. The van der Waals surface area contributed by atoms with Crippen LogP contribution in [-0.4, -0.2) is 25.8 Å². The zero-order valence-electron chi connectivity index (χ0n) is 9.74. The average Bonchev–Trinajstić information content (AvgIpc) is 2.32. The fraction of sp³-hybridized carbons (Fsp3) is 0.417. The lowest BCUT2D eigenvalue weighted by Gasteiger charge is -2.06. The topological polar surface area (TPSA) is 61.5 Å². The highest BCUT2D eigenvalue weighted by molar-refractivity contribution is 5.89. The molecule has 0 unspecified atom stereocenters. The van der Waals surface area contributed by atoms with Crippen LogP contribution in [0, 0.1) is 5.82 Å². The summed E-state index contributed by atoms with van der Waals surface area (Å²) in [5.41, 5.74) is 5.45. The summed E-state index contributed by atoms with van der Waals surface area (Å²) in [7, 11) is 0. The number of anilines is 1. The van der Waals surface area contributed by atoms with Gasteiger partial charge in [-0.3, -0.25) is 0 Å². The van der Waals surface area contributed by atoms with Crippen molar-refractivity contribution in [2.45, 2.75) is 13.3 Å². The minimum Gasteiger partial charge on any atom is -0.460 e. The average molecular weight is 241 g/mol. The zero-order valence-corrected chi connectivity index (χ0v) is 9.74. The fourth-order valence-corrected chi connectivity index (χ4v) is 1.18. The SMILES string of the molecule is CCCOCCOC(=O)c1ccc(N)c(F)c1. The van der Waals surface area contributed by atoms with Gasteiger partial charge in [0.25, 0.3) is 0 Å². The van der Waals surface area contributed by atoms with Crippen molar-refractivity contribution in [1.29, 1.82) is 0 Å².